The quantitative estimate of drug-likeness (QED) is 0.877. The highest BCUT2D eigenvalue weighted by molar-refractivity contribution is 5.44. The van der Waals surface area contributed by atoms with Crippen molar-refractivity contribution >= 4 is 5.69 Å². The second kappa shape index (κ2) is 6.12. The molecule has 0 aliphatic rings. The van der Waals surface area contributed by atoms with Gasteiger partial charge in [0.1, 0.15) is 23.0 Å². The van der Waals surface area contributed by atoms with E-state index in [0.717, 1.165) is 17.4 Å². The molecule has 0 aliphatic carbocycles. The molecule has 21 heavy (non-hydrogen) atoms. The van der Waals surface area contributed by atoms with Crippen molar-refractivity contribution in [1.29, 1.82) is 0 Å². The molecule has 0 aliphatic heterocycles. The van der Waals surface area contributed by atoms with Crippen LogP contribution in [-0.2, 0) is 6.54 Å². The minimum atomic E-state index is -0.591. The second-order valence-corrected chi connectivity index (χ2v) is 5.87. The Bertz CT molecular complexity index is 583. The molecule has 0 heterocycles. The maximum absolute atomic E-state index is 13.1. The first-order valence-corrected chi connectivity index (χ1v) is 6.80. The summed E-state index contributed by atoms with van der Waals surface area (Å²) in [6.45, 7) is 6.45. The van der Waals surface area contributed by atoms with Gasteiger partial charge in [0.25, 0.3) is 0 Å². The van der Waals surface area contributed by atoms with Crippen LogP contribution in [0.1, 0.15) is 26.3 Å². The minimum absolute atomic E-state index is 0.237. The predicted octanol–water partition coefficient (Wildman–Crippen LogP) is 4.75. The summed E-state index contributed by atoms with van der Waals surface area (Å²) in [4.78, 5) is 0. The van der Waals surface area contributed by atoms with Crippen molar-refractivity contribution < 1.29 is 13.5 Å². The number of anilines is 1. The molecule has 0 spiro atoms. The van der Waals surface area contributed by atoms with E-state index in [9.17, 15) is 8.78 Å². The van der Waals surface area contributed by atoms with E-state index in [2.05, 4.69) is 5.32 Å². The summed E-state index contributed by atoms with van der Waals surface area (Å²) in [6.07, 6.45) is 0. The molecule has 1 N–H and O–H groups in total. The predicted molar refractivity (Wildman–Crippen MR) is 80.5 cm³/mol. The van der Waals surface area contributed by atoms with E-state index in [1.54, 1.807) is 0 Å². The fraction of sp³-hybridized carbons (Fsp3) is 0.294. The molecule has 0 fully saturated rings. The molecule has 0 aromatic heterocycles. The fourth-order valence-electron chi connectivity index (χ4n) is 1.89. The standard InChI is InChI=1S/C17H19F2NO/c1-17(2,3)21-16-6-4-12(5-7-16)11-20-15-9-13(18)8-14(19)10-15/h4-10,20H,11H2,1-3H3. The number of rotatable bonds is 4. The lowest BCUT2D eigenvalue weighted by Crippen LogP contribution is -2.22. The number of nitrogens with one attached hydrogen (secondary N) is 1. The van der Waals surface area contributed by atoms with Gasteiger partial charge in [-0.3, -0.25) is 0 Å². The minimum Gasteiger partial charge on any atom is -0.488 e. The van der Waals surface area contributed by atoms with Crippen LogP contribution < -0.4 is 10.1 Å². The first-order valence-electron chi connectivity index (χ1n) is 6.80. The highest BCUT2D eigenvalue weighted by Gasteiger charge is 2.11. The van der Waals surface area contributed by atoms with Gasteiger partial charge >= 0.3 is 0 Å². The maximum Gasteiger partial charge on any atom is 0.128 e. The van der Waals surface area contributed by atoms with Crippen LogP contribution in [0.15, 0.2) is 42.5 Å². The Hall–Kier alpha value is -2.10. The van der Waals surface area contributed by atoms with Gasteiger partial charge in [-0.15, -0.1) is 0 Å². The molecule has 2 rings (SSSR count). The summed E-state index contributed by atoms with van der Waals surface area (Å²) in [7, 11) is 0. The number of hydrogen-bond donors (Lipinski definition) is 1. The Labute approximate surface area is 123 Å². The molecule has 0 amide bonds. The Morgan fingerprint density at radius 3 is 2.05 bits per heavy atom. The van der Waals surface area contributed by atoms with Crippen molar-refractivity contribution in [3.05, 3.63) is 59.7 Å². The maximum atomic E-state index is 13.1. The van der Waals surface area contributed by atoms with Crippen LogP contribution in [0.2, 0.25) is 0 Å². The summed E-state index contributed by atoms with van der Waals surface area (Å²) < 4.78 is 31.9. The Morgan fingerprint density at radius 1 is 0.952 bits per heavy atom. The number of hydrogen-bond acceptors (Lipinski definition) is 2. The van der Waals surface area contributed by atoms with Gasteiger partial charge in [0.15, 0.2) is 0 Å². The average Bonchev–Trinajstić information content (AvgIpc) is 2.35. The summed E-state index contributed by atoms with van der Waals surface area (Å²) >= 11 is 0. The average molecular weight is 291 g/mol. The van der Waals surface area contributed by atoms with E-state index in [1.807, 2.05) is 45.0 Å². The smallest absolute Gasteiger partial charge is 0.128 e. The van der Waals surface area contributed by atoms with Crippen LogP contribution in [0.4, 0.5) is 14.5 Å². The van der Waals surface area contributed by atoms with Crippen molar-refractivity contribution in [3.8, 4) is 5.75 Å². The van der Waals surface area contributed by atoms with Gasteiger partial charge in [0, 0.05) is 18.3 Å². The van der Waals surface area contributed by atoms with Crippen LogP contribution in [-0.4, -0.2) is 5.60 Å². The molecular weight excluding hydrogens is 272 g/mol. The normalized spacial score (nSPS) is 11.3. The largest absolute Gasteiger partial charge is 0.488 e. The van der Waals surface area contributed by atoms with E-state index < -0.39 is 11.6 Å². The van der Waals surface area contributed by atoms with E-state index in [0.29, 0.717) is 12.2 Å². The third-order valence-electron chi connectivity index (χ3n) is 2.71. The summed E-state index contributed by atoms with van der Waals surface area (Å²) in [5.41, 5.74) is 1.18. The first kappa shape index (κ1) is 15.3. The summed E-state index contributed by atoms with van der Waals surface area (Å²) in [6, 6.07) is 11.0. The van der Waals surface area contributed by atoms with E-state index >= 15 is 0 Å². The lowest BCUT2D eigenvalue weighted by Gasteiger charge is -2.21. The zero-order chi connectivity index (χ0) is 15.5. The van der Waals surface area contributed by atoms with E-state index in [1.165, 1.54) is 12.1 Å². The van der Waals surface area contributed by atoms with Crippen molar-refractivity contribution in [2.75, 3.05) is 5.32 Å². The number of halogens is 2. The molecule has 0 saturated heterocycles. The Balaban J connectivity index is 1.97. The molecule has 0 bridgehead atoms. The molecule has 0 radical (unpaired) electrons. The highest BCUT2D eigenvalue weighted by atomic mass is 19.1. The molecule has 2 aromatic rings. The topological polar surface area (TPSA) is 21.3 Å². The molecular formula is C17H19F2NO. The molecule has 0 saturated carbocycles. The van der Waals surface area contributed by atoms with E-state index in [-0.39, 0.29) is 5.60 Å². The lowest BCUT2D eigenvalue weighted by molar-refractivity contribution is 0.131. The van der Waals surface area contributed by atoms with Gasteiger partial charge < -0.3 is 10.1 Å². The van der Waals surface area contributed by atoms with Gasteiger partial charge in [-0.05, 0) is 50.6 Å². The van der Waals surface area contributed by atoms with Gasteiger partial charge in [0.05, 0.1) is 0 Å². The van der Waals surface area contributed by atoms with Crippen LogP contribution >= 0.6 is 0 Å². The molecule has 0 unspecified atom stereocenters. The summed E-state index contributed by atoms with van der Waals surface area (Å²) in [5.74, 6) is -0.388. The zero-order valence-corrected chi connectivity index (χ0v) is 12.4. The highest BCUT2D eigenvalue weighted by Crippen LogP contribution is 2.19. The zero-order valence-electron chi connectivity index (χ0n) is 12.4. The first-order chi connectivity index (χ1) is 9.82. The Morgan fingerprint density at radius 2 is 1.52 bits per heavy atom. The van der Waals surface area contributed by atoms with Gasteiger partial charge in [-0.2, -0.15) is 0 Å². The molecule has 2 nitrogen and oxygen atoms in total. The van der Waals surface area contributed by atoms with E-state index in [4.69, 9.17) is 4.74 Å². The lowest BCUT2D eigenvalue weighted by atomic mass is 10.1. The second-order valence-electron chi connectivity index (χ2n) is 5.87. The third kappa shape index (κ3) is 5.06. The van der Waals surface area contributed by atoms with Crippen molar-refractivity contribution in [2.45, 2.75) is 32.9 Å². The number of ether oxygens (including phenoxy) is 1. The molecule has 4 heteroatoms. The third-order valence-corrected chi connectivity index (χ3v) is 2.71. The number of benzene rings is 2. The van der Waals surface area contributed by atoms with Crippen molar-refractivity contribution in [2.24, 2.45) is 0 Å². The van der Waals surface area contributed by atoms with Gasteiger partial charge in [0.2, 0.25) is 0 Å². The monoisotopic (exact) mass is 291 g/mol. The van der Waals surface area contributed by atoms with Crippen LogP contribution in [0.5, 0.6) is 5.75 Å². The van der Waals surface area contributed by atoms with Crippen LogP contribution in [0.25, 0.3) is 0 Å². The van der Waals surface area contributed by atoms with Gasteiger partial charge in [-0.1, -0.05) is 12.1 Å². The molecule has 2 aromatic carbocycles. The molecule has 112 valence electrons. The Kier molecular flexibility index (Phi) is 4.46. The SMILES string of the molecule is CC(C)(C)Oc1ccc(CNc2cc(F)cc(F)c2)cc1. The summed E-state index contributed by atoms with van der Waals surface area (Å²) in [5, 5.41) is 2.99. The van der Waals surface area contributed by atoms with Crippen molar-refractivity contribution in [1.82, 2.24) is 0 Å². The van der Waals surface area contributed by atoms with Crippen LogP contribution in [0, 0.1) is 11.6 Å². The fourth-order valence-corrected chi connectivity index (χ4v) is 1.89. The van der Waals surface area contributed by atoms with Gasteiger partial charge in [-0.25, -0.2) is 8.78 Å². The molecule has 0 atom stereocenters. The van der Waals surface area contributed by atoms with Crippen LogP contribution in [0.3, 0.4) is 0 Å². The van der Waals surface area contributed by atoms with Crippen molar-refractivity contribution in [3.63, 3.8) is 0 Å².